The van der Waals surface area contributed by atoms with E-state index in [4.69, 9.17) is 47.5 Å². The third-order valence-corrected chi connectivity index (χ3v) is 8.29. The van der Waals surface area contributed by atoms with Gasteiger partial charge in [-0.15, -0.1) is 0 Å². The Balaban J connectivity index is 1.55. The lowest BCUT2D eigenvalue weighted by molar-refractivity contribution is -0.155. The van der Waals surface area contributed by atoms with Crippen LogP contribution in [-0.4, -0.2) is 47.2 Å². The number of nitrogens with zero attached hydrogens (tertiary/aromatic N) is 1. The number of hydrogen-bond acceptors (Lipinski definition) is 7. The number of aliphatic hydroxyl groups excluding tert-OH is 1. The predicted octanol–water partition coefficient (Wildman–Crippen LogP) is 7.60. The highest BCUT2D eigenvalue weighted by Crippen LogP contribution is 2.46. The molecule has 1 aliphatic rings. The third-order valence-electron chi connectivity index (χ3n) is 7.72. The van der Waals surface area contributed by atoms with Crippen molar-refractivity contribution in [1.82, 2.24) is 5.32 Å². The van der Waals surface area contributed by atoms with Gasteiger partial charge >= 0.3 is 5.97 Å². The highest BCUT2D eigenvalue weighted by molar-refractivity contribution is 6.35. The molecule has 0 aliphatic carbocycles. The number of ether oxygens (including phenoxy) is 3. The van der Waals surface area contributed by atoms with Gasteiger partial charge in [-0.3, -0.25) is 9.59 Å². The van der Waals surface area contributed by atoms with Crippen LogP contribution in [0.2, 0.25) is 10.0 Å². The van der Waals surface area contributed by atoms with Gasteiger partial charge in [0.25, 0.3) is 5.91 Å². The predicted molar refractivity (Wildman–Crippen MR) is 184 cm³/mol. The summed E-state index contributed by atoms with van der Waals surface area (Å²) in [6.45, 7) is 6.00. The van der Waals surface area contributed by atoms with E-state index in [0.717, 1.165) is 16.3 Å². The zero-order valence-electron chi connectivity index (χ0n) is 26.6. The molecule has 0 saturated carbocycles. The number of benzene rings is 4. The highest BCUT2D eigenvalue weighted by atomic mass is 35.5. The summed E-state index contributed by atoms with van der Waals surface area (Å²) >= 11 is 13.0. The van der Waals surface area contributed by atoms with Crippen LogP contribution in [0.1, 0.15) is 62.8 Å². The molecule has 246 valence electrons. The standard InChI is InChI=1S/C37H38Cl2N2O6/c1-36(2,3)47-32(43)18-19-37(35(44)40-23-26-10-6-9-24-8-4-5-11-29(24)26)33(30-17-14-27(38)22-31(30)39)46-34(41-37)25-12-15-28(16-13-25)45-21-7-20-42/h4-6,8-17,22,33,42H,7,18-21,23H2,1-3H3,(H,40,44)/t33-,37-/m1/s1. The molecule has 0 aromatic heterocycles. The molecule has 47 heavy (non-hydrogen) atoms. The first-order valence-electron chi connectivity index (χ1n) is 15.5. The fourth-order valence-corrected chi connectivity index (χ4v) is 6.03. The van der Waals surface area contributed by atoms with Crippen LogP contribution in [0.25, 0.3) is 10.8 Å². The van der Waals surface area contributed by atoms with Gasteiger partial charge in [-0.05, 0) is 79.9 Å². The molecule has 4 aromatic carbocycles. The molecule has 4 aromatic rings. The van der Waals surface area contributed by atoms with Crippen molar-refractivity contribution in [2.45, 2.75) is 63.8 Å². The van der Waals surface area contributed by atoms with Crippen molar-refractivity contribution < 1.29 is 28.9 Å². The van der Waals surface area contributed by atoms with Crippen molar-refractivity contribution in [1.29, 1.82) is 0 Å². The Hall–Kier alpha value is -4.11. The summed E-state index contributed by atoms with van der Waals surface area (Å²) in [7, 11) is 0. The van der Waals surface area contributed by atoms with E-state index < -0.39 is 29.1 Å². The lowest BCUT2D eigenvalue weighted by Gasteiger charge is -2.31. The quantitative estimate of drug-likeness (QED) is 0.118. The summed E-state index contributed by atoms with van der Waals surface area (Å²) in [5.74, 6) is -0.0637. The number of nitrogens with one attached hydrogen (secondary N) is 1. The van der Waals surface area contributed by atoms with Gasteiger partial charge in [0, 0.05) is 47.2 Å². The van der Waals surface area contributed by atoms with Crippen LogP contribution in [0.15, 0.2) is 89.9 Å². The number of hydrogen-bond donors (Lipinski definition) is 2. The molecule has 2 atom stereocenters. The molecule has 5 rings (SSSR count). The van der Waals surface area contributed by atoms with Gasteiger partial charge < -0.3 is 24.6 Å². The highest BCUT2D eigenvalue weighted by Gasteiger charge is 2.54. The van der Waals surface area contributed by atoms with Gasteiger partial charge in [0.05, 0.1) is 6.61 Å². The maximum atomic E-state index is 14.6. The van der Waals surface area contributed by atoms with Crippen molar-refractivity contribution in [2.24, 2.45) is 4.99 Å². The first-order chi connectivity index (χ1) is 22.5. The van der Waals surface area contributed by atoms with Crippen LogP contribution in [0, 0.1) is 0 Å². The van der Waals surface area contributed by atoms with E-state index >= 15 is 0 Å². The SMILES string of the molecule is CC(C)(C)OC(=O)CC[C@@]1(C(=O)NCc2cccc3ccccc23)N=C(c2ccc(OCCCO)cc2)O[C@@H]1c1ccc(Cl)cc1Cl. The van der Waals surface area contributed by atoms with Crippen LogP contribution in [0.5, 0.6) is 5.75 Å². The van der Waals surface area contributed by atoms with Gasteiger partial charge in [0.2, 0.25) is 5.90 Å². The number of fused-ring (bicyclic) bond motifs is 1. The molecular formula is C37H38Cl2N2O6. The third kappa shape index (κ3) is 8.25. The molecule has 2 N–H and O–H groups in total. The summed E-state index contributed by atoms with van der Waals surface area (Å²) in [5.41, 5.74) is -0.259. The van der Waals surface area contributed by atoms with Crippen molar-refractivity contribution in [3.63, 3.8) is 0 Å². The molecule has 1 heterocycles. The number of carbonyl (C=O) groups is 2. The Bertz CT molecular complexity index is 1760. The fourth-order valence-electron chi connectivity index (χ4n) is 5.52. The van der Waals surface area contributed by atoms with Gasteiger partial charge in [-0.25, -0.2) is 4.99 Å². The number of aliphatic hydroxyl groups is 1. The normalized spacial score (nSPS) is 17.6. The van der Waals surface area contributed by atoms with E-state index in [1.165, 1.54) is 0 Å². The maximum Gasteiger partial charge on any atom is 0.306 e. The zero-order valence-corrected chi connectivity index (χ0v) is 28.1. The van der Waals surface area contributed by atoms with E-state index in [-0.39, 0.29) is 31.9 Å². The van der Waals surface area contributed by atoms with Gasteiger partial charge in [0.1, 0.15) is 11.4 Å². The van der Waals surface area contributed by atoms with Crippen molar-refractivity contribution in [3.8, 4) is 5.75 Å². The molecule has 10 heteroatoms. The topological polar surface area (TPSA) is 106 Å². The maximum absolute atomic E-state index is 14.6. The second kappa shape index (κ2) is 14.8. The summed E-state index contributed by atoms with van der Waals surface area (Å²) in [6.07, 6.45) is -0.593. The fraction of sp³-hybridized carbons (Fsp3) is 0.324. The Kier molecular flexibility index (Phi) is 10.7. The number of carbonyl (C=O) groups excluding carboxylic acids is 2. The van der Waals surface area contributed by atoms with Gasteiger partial charge in [-0.1, -0.05) is 71.7 Å². The van der Waals surface area contributed by atoms with Crippen LogP contribution >= 0.6 is 23.2 Å². The minimum absolute atomic E-state index is 0.0151. The van der Waals surface area contributed by atoms with Gasteiger partial charge in [-0.2, -0.15) is 0 Å². The first-order valence-corrected chi connectivity index (χ1v) is 16.3. The Morgan fingerprint density at radius 1 is 1.00 bits per heavy atom. The molecular weight excluding hydrogens is 639 g/mol. The van der Waals surface area contributed by atoms with Crippen LogP contribution < -0.4 is 10.1 Å². The Labute approximate surface area is 284 Å². The van der Waals surface area contributed by atoms with E-state index in [1.54, 1.807) is 63.2 Å². The molecule has 1 aliphatic heterocycles. The summed E-state index contributed by atoms with van der Waals surface area (Å²) in [5, 5.41) is 15.0. The van der Waals surface area contributed by atoms with Crippen LogP contribution in [0.4, 0.5) is 0 Å². The number of rotatable bonds is 12. The largest absolute Gasteiger partial charge is 0.494 e. The molecule has 0 radical (unpaired) electrons. The Morgan fingerprint density at radius 3 is 2.47 bits per heavy atom. The van der Waals surface area contributed by atoms with E-state index in [1.807, 2.05) is 42.5 Å². The second-order valence-electron chi connectivity index (χ2n) is 12.4. The summed E-state index contributed by atoms with van der Waals surface area (Å²) < 4.78 is 17.8. The van der Waals surface area contributed by atoms with Crippen molar-refractivity contribution >= 4 is 51.7 Å². The van der Waals surface area contributed by atoms with Crippen LogP contribution in [-0.2, 0) is 25.6 Å². The molecule has 0 bridgehead atoms. The summed E-state index contributed by atoms with van der Waals surface area (Å²) in [6, 6.07) is 26.0. The monoisotopic (exact) mass is 676 g/mol. The summed E-state index contributed by atoms with van der Waals surface area (Å²) in [4.78, 5) is 32.6. The molecule has 0 fully saturated rings. The molecule has 8 nitrogen and oxygen atoms in total. The van der Waals surface area contributed by atoms with E-state index in [9.17, 15) is 9.59 Å². The Morgan fingerprint density at radius 2 is 1.74 bits per heavy atom. The number of halogens is 2. The van der Waals surface area contributed by atoms with Crippen molar-refractivity contribution in [2.75, 3.05) is 13.2 Å². The molecule has 0 spiro atoms. The zero-order chi connectivity index (χ0) is 33.6. The second-order valence-corrected chi connectivity index (χ2v) is 13.2. The molecule has 0 unspecified atom stereocenters. The van der Waals surface area contributed by atoms with Crippen molar-refractivity contribution in [3.05, 3.63) is 112 Å². The molecule has 0 saturated heterocycles. The average molecular weight is 678 g/mol. The number of amides is 1. The van der Waals surface area contributed by atoms with Gasteiger partial charge in [0.15, 0.2) is 11.6 Å². The van der Waals surface area contributed by atoms with E-state index in [0.29, 0.717) is 39.9 Å². The van der Waals surface area contributed by atoms with E-state index in [2.05, 4.69) is 5.32 Å². The lowest BCUT2D eigenvalue weighted by atomic mass is 9.83. The van der Waals surface area contributed by atoms with Crippen LogP contribution in [0.3, 0.4) is 0 Å². The lowest BCUT2D eigenvalue weighted by Crippen LogP contribution is -2.48. The first kappa shape index (κ1) is 34.2. The average Bonchev–Trinajstić information content (AvgIpc) is 3.43. The number of esters is 1. The minimum Gasteiger partial charge on any atom is -0.494 e. The minimum atomic E-state index is -1.59. The smallest absolute Gasteiger partial charge is 0.306 e. The molecule has 1 amide bonds. The number of aliphatic imine (C=N–C) groups is 1.